The van der Waals surface area contributed by atoms with Gasteiger partial charge < -0.3 is 0 Å². The summed E-state index contributed by atoms with van der Waals surface area (Å²) in [5.41, 5.74) is 0. The molecule has 0 saturated heterocycles. The van der Waals surface area contributed by atoms with Crippen molar-refractivity contribution in [3.8, 4) is 0 Å². The smallest absolute Gasteiger partial charge is 0.0303 e. The summed E-state index contributed by atoms with van der Waals surface area (Å²) in [6.07, 6.45) is 5.65. The lowest BCUT2D eigenvalue weighted by atomic mass is 10.4. The first kappa shape index (κ1) is 11.7. The highest BCUT2D eigenvalue weighted by molar-refractivity contribution is 7.31. The molecule has 0 rings (SSSR count). The van der Waals surface area contributed by atoms with Crippen LogP contribution in [0.4, 0.5) is 0 Å². The molecule has 11 heavy (non-hydrogen) atoms. The van der Waals surface area contributed by atoms with Crippen LogP contribution in [-0.4, -0.2) is 26.6 Å². The first-order valence-corrected chi connectivity index (χ1v) is 10.0. The van der Waals surface area contributed by atoms with Gasteiger partial charge in [-0.1, -0.05) is 51.6 Å². The van der Waals surface area contributed by atoms with Gasteiger partial charge in [-0.3, -0.25) is 0 Å². The van der Waals surface area contributed by atoms with E-state index in [0.717, 1.165) is 8.55 Å². The Hall–Kier alpha value is 0.651. The van der Waals surface area contributed by atoms with Crippen molar-refractivity contribution >= 4 is 26.6 Å². The molecule has 0 fully saturated rings. The predicted octanol–water partition coefficient (Wildman–Crippen LogP) is 2.37. The maximum Gasteiger partial charge on any atom is 0.0303 e. The zero-order valence-corrected chi connectivity index (χ0v) is 10.7. The van der Waals surface area contributed by atoms with Crippen LogP contribution in [0.2, 0.25) is 12.1 Å². The molecule has 0 aromatic carbocycles. The first-order chi connectivity index (χ1) is 5.35. The lowest BCUT2D eigenvalue weighted by Gasteiger charge is -2.10. The molecule has 6 radical (unpaired) electrons. The minimum Gasteiger partial charge on any atom is -0.0654 e. The molecule has 0 aromatic heterocycles. The highest BCUT2D eigenvalue weighted by Crippen LogP contribution is 2.07. The van der Waals surface area contributed by atoms with Gasteiger partial charge in [-0.2, -0.15) is 0 Å². The molecule has 0 spiro atoms. The summed E-state index contributed by atoms with van der Waals surface area (Å²) >= 11 is 0. The fourth-order valence-corrected chi connectivity index (χ4v) is 7.15. The van der Waals surface area contributed by atoms with Crippen LogP contribution >= 0.6 is 0 Å². The van der Waals surface area contributed by atoms with Gasteiger partial charge in [0.05, 0.1) is 0 Å². The molecule has 62 valence electrons. The fourth-order valence-electron chi connectivity index (χ4n) is 1.03. The Morgan fingerprint density at radius 2 is 1.55 bits per heavy atom. The maximum absolute atomic E-state index is 3.70. The Balaban J connectivity index is 3.25. The zero-order chi connectivity index (χ0) is 8.53. The molecule has 0 heterocycles. The van der Waals surface area contributed by atoms with Gasteiger partial charge in [0.1, 0.15) is 0 Å². The molecule has 3 heteroatoms. The van der Waals surface area contributed by atoms with E-state index in [2.05, 4.69) is 23.6 Å². The highest BCUT2D eigenvalue weighted by atomic mass is 29.5. The van der Waals surface area contributed by atoms with Crippen molar-refractivity contribution in [3.05, 3.63) is 0 Å². The summed E-state index contributed by atoms with van der Waals surface area (Å²) < 4.78 is 0. The lowest BCUT2D eigenvalue weighted by Crippen LogP contribution is -2.21. The van der Waals surface area contributed by atoms with Crippen LogP contribution in [-0.2, 0) is 0 Å². The molecule has 0 bridgehead atoms. The monoisotopic (exact) mass is 198 g/mol. The van der Waals surface area contributed by atoms with Crippen molar-refractivity contribution in [2.45, 2.75) is 51.6 Å². The van der Waals surface area contributed by atoms with E-state index in [9.17, 15) is 0 Å². The summed E-state index contributed by atoms with van der Waals surface area (Å²) in [4.78, 5) is 0. The maximum atomic E-state index is 3.70. The molecule has 0 aromatic rings. The summed E-state index contributed by atoms with van der Waals surface area (Å²) in [5.74, 6) is 0. The molecule has 0 aliphatic heterocycles. The largest absolute Gasteiger partial charge is 0.0654 e. The second kappa shape index (κ2) is 8.74. The van der Waals surface area contributed by atoms with Crippen molar-refractivity contribution in [1.82, 2.24) is 0 Å². The van der Waals surface area contributed by atoms with Crippen LogP contribution in [0, 0.1) is 0 Å². The third kappa shape index (κ3) is 7.03. The minimum atomic E-state index is 0.0321. The Bertz CT molecular complexity index is 67.7. The molecular formula is C8H18Si3. The summed E-state index contributed by atoms with van der Waals surface area (Å²) in [6.45, 7) is 4.58. The molecule has 0 amide bonds. The van der Waals surface area contributed by atoms with Crippen LogP contribution < -0.4 is 0 Å². The van der Waals surface area contributed by atoms with E-state index in [-0.39, 0.29) is 8.31 Å². The third-order valence-electron chi connectivity index (χ3n) is 1.84. The van der Waals surface area contributed by atoms with E-state index >= 15 is 0 Å². The molecule has 0 aliphatic carbocycles. The number of hydrogen-bond acceptors (Lipinski definition) is 0. The van der Waals surface area contributed by atoms with Gasteiger partial charge in [0.15, 0.2) is 0 Å². The quantitative estimate of drug-likeness (QED) is 0.551. The topological polar surface area (TPSA) is 0 Å². The Labute approximate surface area is 78.6 Å². The fraction of sp³-hybridized carbons (Fsp3) is 1.00. The van der Waals surface area contributed by atoms with Crippen molar-refractivity contribution in [3.63, 3.8) is 0 Å². The van der Waals surface area contributed by atoms with E-state index in [4.69, 9.17) is 0 Å². The molecule has 0 unspecified atom stereocenters. The molecule has 0 atom stereocenters. The van der Waals surface area contributed by atoms with Gasteiger partial charge in [-0.05, 0) is 0 Å². The van der Waals surface area contributed by atoms with E-state index in [1.807, 2.05) is 0 Å². The van der Waals surface area contributed by atoms with E-state index in [1.54, 1.807) is 0 Å². The summed E-state index contributed by atoms with van der Waals surface area (Å²) in [6, 6.07) is 3.06. The Kier molecular flexibility index (Phi) is 9.26. The summed E-state index contributed by atoms with van der Waals surface area (Å²) in [5, 5.41) is 0. The van der Waals surface area contributed by atoms with Gasteiger partial charge >= 0.3 is 0 Å². The molecular weight excluding hydrogens is 180 g/mol. The highest BCUT2D eigenvalue weighted by Gasteiger charge is 2.06. The Morgan fingerprint density at radius 1 is 1.09 bits per heavy atom. The van der Waals surface area contributed by atoms with Crippen LogP contribution in [0.3, 0.4) is 0 Å². The number of unbranched alkanes of at least 4 members (excludes halogenated alkanes) is 2. The van der Waals surface area contributed by atoms with Gasteiger partial charge in [-0.25, -0.2) is 0 Å². The molecule has 0 saturated carbocycles. The molecule has 0 nitrogen and oxygen atoms in total. The van der Waals surface area contributed by atoms with Gasteiger partial charge in [0, 0.05) is 26.6 Å². The van der Waals surface area contributed by atoms with E-state index < -0.39 is 0 Å². The minimum absolute atomic E-state index is 0.0321. The molecule has 0 aliphatic rings. The van der Waals surface area contributed by atoms with E-state index in [1.165, 1.54) is 37.8 Å². The second-order valence-corrected chi connectivity index (χ2v) is 10.5. The van der Waals surface area contributed by atoms with E-state index in [0.29, 0.717) is 0 Å². The number of hydrogen-bond donors (Lipinski definition) is 0. The third-order valence-corrected chi connectivity index (χ3v) is 9.85. The number of rotatable bonds is 7. The van der Waals surface area contributed by atoms with Crippen molar-refractivity contribution in [2.75, 3.05) is 0 Å². The average Bonchev–Trinajstić information content (AvgIpc) is 2.05. The zero-order valence-electron chi connectivity index (χ0n) is 7.74. The first-order valence-electron chi connectivity index (χ1n) is 4.62. The van der Waals surface area contributed by atoms with Crippen LogP contribution in [0.25, 0.3) is 0 Å². The molecule has 0 N–H and O–H groups in total. The second-order valence-electron chi connectivity index (χ2n) is 2.94. The Morgan fingerprint density at radius 3 is 1.82 bits per heavy atom. The van der Waals surface area contributed by atoms with Gasteiger partial charge in [-0.15, -0.1) is 0 Å². The normalized spacial score (nSPS) is 10.9. The van der Waals surface area contributed by atoms with Crippen molar-refractivity contribution in [2.24, 2.45) is 0 Å². The predicted molar refractivity (Wildman–Crippen MR) is 56.7 cm³/mol. The SMILES string of the molecule is CCCC[Si](CCCC)[Si][Si]. The average molecular weight is 198 g/mol. The van der Waals surface area contributed by atoms with Crippen LogP contribution in [0.15, 0.2) is 0 Å². The van der Waals surface area contributed by atoms with Crippen LogP contribution in [0.5, 0.6) is 0 Å². The van der Waals surface area contributed by atoms with Gasteiger partial charge in [0.2, 0.25) is 0 Å². The summed E-state index contributed by atoms with van der Waals surface area (Å²) in [7, 11) is 4.80. The van der Waals surface area contributed by atoms with Crippen LogP contribution in [0.1, 0.15) is 39.5 Å². The van der Waals surface area contributed by atoms with Gasteiger partial charge in [0.25, 0.3) is 0 Å². The van der Waals surface area contributed by atoms with Crippen molar-refractivity contribution in [1.29, 1.82) is 0 Å². The lowest BCUT2D eigenvalue weighted by molar-refractivity contribution is 0.848. The van der Waals surface area contributed by atoms with Crippen molar-refractivity contribution < 1.29 is 0 Å². The standard InChI is InChI=1S/C8H18Si3/c1-3-5-7-11(10-9)8-6-4-2/h3-8H2,1-2H3.